The second-order valence-corrected chi connectivity index (χ2v) is 4.71. The van der Waals surface area contributed by atoms with Gasteiger partial charge in [0.1, 0.15) is 5.82 Å². The van der Waals surface area contributed by atoms with Gasteiger partial charge >= 0.3 is 0 Å². The minimum Gasteiger partial charge on any atom is -0.342 e. The summed E-state index contributed by atoms with van der Waals surface area (Å²) < 4.78 is 1.82. The maximum atomic E-state index is 5.80. The van der Waals surface area contributed by atoms with Crippen LogP contribution in [0.4, 0.5) is 0 Å². The highest BCUT2D eigenvalue weighted by Crippen LogP contribution is 2.24. The predicted octanol–water partition coefficient (Wildman–Crippen LogP) is 1.96. The molecule has 2 aromatic rings. The van der Waals surface area contributed by atoms with Crippen LogP contribution in [0.2, 0.25) is 0 Å². The zero-order chi connectivity index (χ0) is 13.1. The number of nitrogens with one attached hydrogen (secondary N) is 1. The van der Waals surface area contributed by atoms with E-state index >= 15 is 0 Å². The van der Waals surface area contributed by atoms with Gasteiger partial charge < -0.3 is 10.7 Å². The van der Waals surface area contributed by atoms with Crippen molar-refractivity contribution in [3.05, 3.63) is 23.9 Å². The van der Waals surface area contributed by atoms with Gasteiger partial charge in [0.2, 0.25) is 0 Å². The van der Waals surface area contributed by atoms with Crippen molar-refractivity contribution < 1.29 is 0 Å². The first-order valence-electron chi connectivity index (χ1n) is 6.41. The highest BCUT2D eigenvalue weighted by molar-refractivity contribution is 5.60. The van der Waals surface area contributed by atoms with Gasteiger partial charge in [-0.1, -0.05) is 13.3 Å². The maximum Gasteiger partial charge on any atom is 0.110 e. The number of rotatable bonds is 5. The summed E-state index contributed by atoms with van der Waals surface area (Å²) in [6.07, 6.45) is 6.06. The van der Waals surface area contributed by atoms with Crippen molar-refractivity contribution in [1.82, 2.24) is 19.7 Å². The fourth-order valence-corrected chi connectivity index (χ4v) is 2.26. The molecule has 1 atom stereocenters. The van der Waals surface area contributed by atoms with Crippen molar-refractivity contribution in [2.75, 3.05) is 6.54 Å². The van der Waals surface area contributed by atoms with Crippen LogP contribution in [0.5, 0.6) is 0 Å². The lowest BCUT2D eigenvalue weighted by Gasteiger charge is -2.09. The number of hydrogen-bond donors (Lipinski definition) is 2. The molecule has 0 aromatic carbocycles. The molecule has 5 heteroatoms. The first-order valence-corrected chi connectivity index (χ1v) is 6.41. The molecule has 1 unspecified atom stereocenters. The van der Waals surface area contributed by atoms with E-state index < -0.39 is 0 Å². The summed E-state index contributed by atoms with van der Waals surface area (Å²) in [4.78, 5) is 7.84. The summed E-state index contributed by atoms with van der Waals surface area (Å²) in [6.45, 7) is 4.80. The number of hydrogen-bond acceptors (Lipinski definition) is 3. The molecule has 98 valence electrons. The summed E-state index contributed by atoms with van der Waals surface area (Å²) in [5, 5.41) is 4.34. The van der Waals surface area contributed by atoms with Gasteiger partial charge in [-0.3, -0.25) is 4.68 Å². The van der Waals surface area contributed by atoms with E-state index in [1.807, 2.05) is 31.0 Å². The Morgan fingerprint density at radius 2 is 2.28 bits per heavy atom. The van der Waals surface area contributed by atoms with Crippen LogP contribution in [0, 0.1) is 6.92 Å². The fourth-order valence-electron chi connectivity index (χ4n) is 2.26. The first kappa shape index (κ1) is 12.8. The highest BCUT2D eigenvalue weighted by Gasteiger charge is 2.14. The van der Waals surface area contributed by atoms with Gasteiger partial charge in [0, 0.05) is 31.3 Å². The van der Waals surface area contributed by atoms with E-state index in [9.17, 15) is 0 Å². The molecule has 2 heterocycles. The monoisotopic (exact) mass is 247 g/mol. The van der Waals surface area contributed by atoms with E-state index in [4.69, 9.17) is 5.73 Å². The summed E-state index contributed by atoms with van der Waals surface area (Å²) in [5.74, 6) is 1.30. The molecule has 2 rings (SSSR count). The molecule has 3 N–H and O–H groups in total. The zero-order valence-electron chi connectivity index (χ0n) is 11.3. The second-order valence-electron chi connectivity index (χ2n) is 4.71. The van der Waals surface area contributed by atoms with Gasteiger partial charge in [-0.2, -0.15) is 5.10 Å². The number of nitrogens with two attached hydrogens (primary N) is 1. The third-order valence-corrected chi connectivity index (χ3v) is 3.21. The first-order chi connectivity index (χ1) is 8.65. The standard InChI is InChI=1S/C13H21N5/c1-4-5-10(6-14)13-15-7-12(16-13)11-8-18(3)17-9(11)2/h7-8,10H,4-6,14H2,1-3H3,(H,15,16). The van der Waals surface area contributed by atoms with E-state index in [0.717, 1.165) is 35.6 Å². The summed E-state index contributed by atoms with van der Waals surface area (Å²) in [6, 6.07) is 0. The van der Waals surface area contributed by atoms with Gasteiger partial charge in [-0.15, -0.1) is 0 Å². The molecule has 0 aliphatic rings. The number of aromatic nitrogens is 4. The number of H-pyrrole nitrogens is 1. The molecule has 0 spiro atoms. The molecule has 0 amide bonds. The number of nitrogens with zero attached hydrogens (tertiary/aromatic N) is 3. The molecule has 0 bridgehead atoms. The molecule has 5 nitrogen and oxygen atoms in total. The van der Waals surface area contributed by atoms with E-state index in [0.29, 0.717) is 12.5 Å². The third-order valence-electron chi connectivity index (χ3n) is 3.21. The number of aryl methyl sites for hydroxylation is 2. The minimum absolute atomic E-state index is 0.320. The molecule has 18 heavy (non-hydrogen) atoms. The van der Waals surface area contributed by atoms with Crippen molar-refractivity contribution >= 4 is 0 Å². The van der Waals surface area contributed by atoms with Crippen molar-refractivity contribution in [2.24, 2.45) is 12.8 Å². The van der Waals surface area contributed by atoms with E-state index in [1.54, 1.807) is 0 Å². The lowest BCUT2D eigenvalue weighted by Crippen LogP contribution is -2.13. The van der Waals surface area contributed by atoms with Gasteiger partial charge in [0.25, 0.3) is 0 Å². The fraction of sp³-hybridized carbons (Fsp3) is 0.538. The van der Waals surface area contributed by atoms with Crippen LogP contribution >= 0.6 is 0 Å². The highest BCUT2D eigenvalue weighted by atomic mass is 15.2. The Morgan fingerprint density at radius 1 is 1.50 bits per heavy atom. The second kappa shape index (κ2) is 5.35. The lowest BCUT2D eigenvalue weighted by atomic mass is 10.0. The molecular formula is C13H21N5. The summed E-state index contributed by atoms with van der Waals surface area (Å²) in [7, 11) is 1.92. The average Bonchev–Trinajstić information content (AvgIpc) is 2.92. The summed E-state index contributed by atoms with van der Waals surface area (Å²) in [5.41, 5.74) is 8.92. The van der Waals surface area contributed by atoms with Gasteiger partial charge in [0.15, 0.2) is 0 Å². The van der Waals surface area contributed by atoms with Crippen LogP contribution in [-0.2, 0) is 7.05 Å². The minimum atomic E-state index is 0.320. The van der Waals surface area contributed by atoms with Crippen LogP contribution in [0.3, 0.4) is 0 Å². The molecule has 0 fully saturated rings. The molecule has 2 aromatic heterocycles. The van der Waals surface area contributed by atoms with Gasteiger partial charge in [-0.25, -0.2) is 4.98 Å². The molecular weight excluding hydrogens is 226 g/mol. The summed E-state index contributed by atoms with van der Waals surface area (Å²) >= 11 is 0. The molecule has 0 radical (unpaired) electrons. The van der Waals surface area contributed by atoms with Crippen molar-refractivity contribution in [3.8, 4) is 11.3 Å². The van der Waals surface area contributed by atoms with Crippen molar-refractivity contribution in [2.45, 2.75) is 32.6 Å². The smallest absolute Gasteiger partial charge is 0.110 e. The normalized spacial score (nSPS) is 12.9. The van der Waals surface area contributed by atoms with E-state index in [1.165, 1.54) is 0 Å². The Hall–Kier alpha value is -1.62. The number of imidazole rings is 1. The lowest BCUT2D eigenvalue weighted by molar-refractivity contribution is 0.595. The topological polar surface area (TPSA) is 72.5 Å². The zero-order valence-corrected chi connectivity index (χ0v) is 11.3. The molecule has 0 saturated heterocycles. The predicted molar refractivity (Wildman–Crippen MR) is 72.2 cm³/mol. The molecule has 0 aliphatic heterocycles. The third kappa shape index (κ3) is 2.46. The number of aromatic amines is 1. The Morgan fingerprint density at radius 3 is 2.83 bits per heavy atom. The Labute approximate surface area is 107 Å². The van der Waals surface area contributed by atoms with Gasteiger partial charge in [0.05, 0.1) is 17.6 Å². The molecule has 0 aliphatic carbocycles. The van der Waals surface area contributed by atoms with Crippen LogP contribution < -0.4 is 5.73 Å². The molecule has 0 saturated carbocycles. The Bertz CT molecular complexity index is 511. The van der Waals surface area contributed by atoms with E-state index in [-0.39, 0.29) is 0 Å². The SMILES string of the molecule is CCCC(CN)c1ncc(-c2cn(C)nc2C)[nH]1. The Balaban J connectivity index is 2.27. The quantitative estimate of drug-likeness (QED) is 0.848. The largest absolute Gasteiger partial charge is 0.342 e. The Kier molecular flexibility index (Phi) is 3.81. The van der Waals surface area contributed by atoms with Crippen LogP contribution in [0.25, 0.3) is 11.3 Å². The van der Waals surface area contributed by atoms with Crippen molar-refractivity contribution in [3.63, 3.8) is 0 Å². The van der Waals surface area contributed by atoms with Crippen LogP contribution in [-0.4, -0.2) is 26.3 Å². The van der Waals surface area contributed by atoms with Gasteiger partial charge in [-0.05, 0) is 13.3 Å². The maximum absolute atomic E-state index is 5.80. The van der Waals surface area contributed by atoms with Crippen molar-refractivity contribution in [1.29, 1.82) is 0 Å². The average molecular weight is 247 g/mol. The van der Waals surface area contributed by atoms with E-state index in [2.05, 4.69) is 22.0 Å². The van der Waals surface area contributed by atoms with Crippen LogP contribution in [0.15, 0.2) is 12.4 Å². The van der Waals surface area contributed by atoms with Crippen LogP contribution in [0.1, 0.15) is 37.2 Å².